The molecule has 0 aliphatic rings. The van der Waals surface area contributed by atoms with E-state index in [2.05, 4.69) is 33.6 Å². The van der Waals surface area contributed by atoms with Crippen molar-refractivity contribution in [3.8, 4) is 12.3 Å². The van der Waals surface area contributed by atoms with Gasteiger partial charge in [-0.1, -0.05) is 39.5 Å². The van der Waals surface area contributed by atoms with Crippen LogP contribution in [0.25, 0.3) is 0 Å². The summed E-state index contributed by atoms with van der Waals surface area (Å²) in [6.45, 7) is 8.60. The molecule has 0 fully saturated rings. The van der Waals surface area contributed by atoms with Crippen molar-refractivity contribution in [3.05, 3.63) is 0 Å². The summed E-state index contributed by atoms with van der Waals surface area (Å²) in [6, 6.07) is 0. The van der Waals surface area contributed by atoms with Gasteiger partial charge in [0.25, 0.3) is 0 Å². The zero-order valence-corrected chi connectivity index (χ0v) is 12.6. The van der Waals surface area contributed by atoms with E-state index in [0.29, 0.717) is 0 Å². The number of halogens is 1. The van der Waals surface area contributed by atoms with E-state index in [-0.39, 0.29) is 52.9 Å². The van der Waals surface area contributed by atoms with Crippen LogP contribution in [0.3, 0.4) is 0 Å². The number of terminal acetylenes is 1. The average Bonchev–Trinajstić information content (AvgIpc) is 2.02. The molecule has 1 nitrogen and oxygen atoms in total. The Morgan fingerprint density at radius 2 is 1.60 bits per heavy atom. The van der Waals surface area contributed by atoms with Crippen LogP contribution >= 0.6 is 0 Å². The minimum absolute atomic E-state index is 0. The minimum Gasteiger partial charge on any atom is -1.00 e. The van der Waals surface area contributed by atoms with E-state index in [4.69, 9.17) is 6.42 Å². The van der Waals surface area contributed by atoms with Gasteiger partial charge in [0.05, 0.1) is 0 Å². The Labute approximate surface area is 117 Å². The van der Waals surface area contributed by atoms with E-state index in [0.717, 1.165) is 19.3 Å². The molecular formula is C12H21ClMgO. The van der Waals surface area contributed by atoms with Gasteiger partial charge in [0.1, 0.15) is 0 Å². The van der Waals surface area contributed by atoms with Crippen molar-refractivity contribution >= 4 is 23.1 Å². The first kappa shape index (κ1) is 20.9. The van der Waals surface area contributed by atoms with Crippen LogP contribution in [0.5, 0.6) is 0 Å². The van der Waals surface area contributed by atoms with Crippen molar-refractivity contribution in [2.75, 3.05) is 6.61 Å². The second-order valence-corrected chi connectivity index (χ2v) is 4.89. The largest absolute Gasteiger partial charge is 2.00 e. The molecule has 0 aliphatic heterocycles. The van der Waals surface area contributed by atoms with Gasteiger partial charge < -0.3 is 17.5 Å². The van der Waals surface area contributed by atoms with Gasteiger partial charge >= 0.3 is 23.1 Å². The van der Waals surface area contributed by atoms with Crippen molar-refractivity contribution in [1.82, 2.24) is 0 Å². The van der Waals surface area contributed by atoms with Crippen LogP contribution in [0.15, 0.2) is 0 Å². The second-order valence-electron chi connectivity index (χ2n) is 4.89. The van der Waals surface area contributed by atoms with Crippen LogP contribution in [0.1, 0.15) is 47.0 Å². The summed E-state index contributed by atoms with van der Waals surface area (Å²) in [5.41, 5.74) is 0.0345. The average molecular weight is 241 g/mol. The van der Waals surface area contributed by atoms with Crippen LogP contribution in [0, 0.1) is 23.2 Å². The Morgan fingerprint density at radius 3 is 1.87 bits per heavy atom. The van der Waals surface area contributed by atoms with E-state index < -0.39 is 0 Å². The molecule has 0 heterocycles. The van der Waals surface area contributed by atoms with E-state index in [1.165, 1.54) is 0 Å². The van der Waals surface area contributed by atoms with Crippen LogP contribution < -0.4 is 17.5 Å². The van der Waals surface area contributed by atoms with Crippen molar-refractivity contribution in [1.29, 1.82) is 0 Å². The summed E-state index contributed by atoms with van der Waals surface area (Å²) >= 11 is 0. The van der Waals surface area contributed by atoms with Gasteiger partial charge in [0, 0.05) is 5.41 Å². The molecule has 0 N–H and O–H groups in total. The van der Waals surface area contributed by atoms with Crippen molar-refractivity contribution in [2.24, 2.45) is 10.8 Å². The monoisotopic (exact) mass is 240 g/mol. The molecule has 0 saturated carbocycles. The molecule has 3 heteroatoms. The molecule has 0 aromatic rings. The Morgan fingerprint density at radius 1 is 1.13 bits per heavy atom. The fourth-order valence-electron chi connectivity index (χ4n) is 1.24. The molecule has 0 spiro atoms. The summed E-state index contributed by atoms with van der Waals surface area (Å²) in [5.74, 6) is 2.88. The molecule has 0 aromatic carbocycles. The number of rotatable bonds is 4. The maximum Gasteiger partial charge on any atom is 2.00 e. The van der Waals surface area contributed by atoms with Crippen molar-refractivity contribution in [3.63, 3.8) is 0 Å². The van der Waals surface area contributed by atoms with Crippen molar-refractivity contribution < 1.29 is 17.5 Å². The Hall–Kier alpha value is 0.576. The Balaban J connectivity index is -0.000000720. The maximum atomic E-state index is 10.3. The first-order valence-electron chi connectivity index (χ1n) is 4.93. The summed E-state index contributed by atoms with van der Waals surface area (Å²) < 4.78 is 0. The van der Waals surface area contributed by atoms with Gasteiger partial charge in [-0.15, -0.1) is 13.0 Å². The molecule has 84 valence electrons. The van der Waals surface area contributed by atoms with E-state index >= 15 is 0 Å². The molecular weight excluding hydrogens is 220 g/mol. The summed E-state index contributed by atoms with van der Waals surface area (Å²) in [4.78, 5) is 0. The SMILES string of the molecule is C#CC(C)(CCCC[O-])C(C)(C)C.[Cl-].[Mg+2]. The van der Waals surface area contributed by atoms with Gasteiger partial charge in [-0.05, 0) is 18.8 Å². The molecule has 0 aromatic heterocycles. The number of hydrogen-bond acceptors (Lipinski definition) is 1. The van der Waals surface area contributed by atoms with Gasteiger partial charge in [-0.2, -0.15) is 0 Å². The zero-order chi connectivity index (χ0) is 10.5. The molecule has 15 heavy (non-hydrogen) atoms. The number of hydrogen-bond donors (Lipinski definition) is 0. The van der Waals surface area contributed by atoms with E-state index in [1.807, 2.05) is 0 Å². The predicted molar refractivity (Wildman–Crippen MR) is 60.9 cm³/mol. The Bertz CT molecular complexity index is 193. The first-order valence-corrected chi connectivity index (χ1v) is 4.93. The van der Waals surface area contributed by atoms with Gasteiger partial charge in [-0.3, -0.25) is 0 Å². The van der Waals surface area contributed by atoms with E-state index in [1.54, 1.807) is 0 Å². The van der Waals surface area contributed by atoms with Crippen LogP contribution in [-0.4, -0.2) is 29.7 Å². The first-order chi connectivity index (χ1) is 5.87. The third kappa shape index (κ3) is 6.68. The Kier molecular flexibility index (Phi) is 12.1. The molecule has 0 aliphatic carbocycles. The molecule has 0 bridgehead atoms. The third-order valence-electron chi connectivity index (χ3n) is 3.05. The smallest absolute Gasteiger partial charge is 1.00 e. The third-order valence-corrected chi connectivity index (χ3v) is 3.05. The molecule has 1 atom stereocenters. The van der Waals surface area contributed by atoms with E-state index in [9.17, 15) is 5.11 Å². The summed E-state index contributed by atoms with van der Waals surface area (Å²) in [5, 5.41) is 10.3. The van der Waals surface area contributed by atoms with Gasteiger partial charge in [0.15, 0.2) is 0 Å². The van der Waals surface area contributed by atoms with Gasteiger partial charge in [0.2, 0.25) is 0 Å². The minimum atomic E-state index is -0.0812. The fourth-order valence-corrected chi connectivity index (χ4v) is 1.24. The molecule has 0 radical (unpaired) electrons. The topological polar surface area (TPSA) is 23.1 Å². The molecule has 1 unspecified atom stereocenters. The van der Waals surface area contributed by atoms with Crippen LogP contribution in [0.2, 0.25) is 0 Å². The predicted octanol–water partition coefficient (Wildman–Crippen LogP) is -1.17. The summed E-state index contributed by atoms with van der Waals surface area (Å²) in [7, 11) is 0. The van der Waals surface area contributed by atoms with Crippen LogP contribution in [-0.2, 0) is 0 Å². The standard InChI is InChI=1S/C12H21O.ClH.Mg/c1-6-12(5,11(2,3)4)9-7-8-10-13;;/h1H,7-10H2,2-5H3;1H;/q-1;;+2/p-1. The van der Waals surface area contributed by atoms with Crippen LogP contribution in [0.4, 0.5) is 0 Å². The second kappa shape index (κ2) is 8.70. The van der Waals surface area contributed by atoms with Gasteiger partial charge in [-0.25, -0.2) is 0 Å². The molecule has 0 amide bonds. The van der Waals surface area contributed by atoms with Crippen molar-refractivity contribution in [2.45, 2.75) is 47.0 Å². The number of unbranched alkanes of at least 4 members (excludes halogenated alkanes) is 1. The molecule has 0 rings (SSSR count). The maximum absolute atomic E-state index is 10.3. The molecule has 0 saturated heterocycles. The quantitative estimate of drug-likeness (QED) is 0.345. The zero-order valence-electron chi connectivity index (χ0n) is 10.4. The fraction of sp³-hybridized carbons (Fsp3) is 0.833. The normalized spacial score (nSPS) is 14.1. The summed E-state index contributed by atoms with van der Waals surface area (Å²) in [6.07, 6.45) is 8.19.